The van der Waals surface area contributed by atoms with Gasteiger partial charge in [-0.3, -0.25) is 4.79 Å². The van der Waals surface area contributed by atoms with Gasteiger partial charge in [-0.1, -0.05) is 6.92 Å². The van der Waals surface area contributed by atoms with Crippen LogP contribution in [0.3, 0.4) is 0 Å². The molecule has 2 aliphatic heterocycles. The van der Waals surface area contributed by atoms with Crippen molar-refractivity contribution >= 4 is 18.3 Å². The van der Waals surface area contributed by atoms with Crippen LogP contribution in [0.25, 0.3) is 0 Å². The topological polar surface area (TPSA) is 41.6 Å². The number of ether oxygens (including phenoxy) is 1. The number of nitrogens with zero attached hydrogens (tertiary/aromatic N) is 1. The van der Waals surface area contributed by atoms with Crippen molar-refractivity contribution in [2.24, 2.45) is 0 Å². The maximum Gasteiger partial charge on any atom is 0.242 e. The molecule has 0 spiro atoms. The highest BCUT2D eigenvalue weighted by atomic mass is 35.5. The van der Waals surface area contributed by atoms with Gasteiger partial charge in [0.05, 0.1) is 18.2 Å². The van der Waals surface area contributed by atoms with Crippen LogP contribution in [-0.2, 0) is 9.53 Å². The molecule has 2 rings (SSSR count). The largest absolute Gasteiger partial charge is 0.375 e. The van der Waals surface area contributed by atoms with Crippen molar-refractivity contribution in [3.8, 4) is 0 Å². The number of hydrogen-bond donors (Lipinski definition) is 1. The van der Waals surface area contributed by atoms with E-state index in [1.165, 1.54) is 6.42 Å². The first-order chi connectivity index (χ1) is 8.15. The van der Waals surface area contributed by atoms with E-state index in [2.05, 4.69) is 12.2 Å². The Balaban J connectivity index is 0.00000162. The highest BCUT2D eigenvalue weighted by Crippen LogP contribution is 2.22. The molecule has 2 atom stereocenters. The van der Waals surface area contributed by atoms with Gasteiger partial charge in [0, 0.05) is 13.1 Å². The Hall–Kier alpha value is -0.320. The number of halogens is 1. The summed E-state index contributed by atoms with van der Waals surface area (Å²) >= 11 is 0. The first-order valence-corrected chi connectivity index (χ1v) is 6.82. The molecule has 0 aromatic heterocycles. The molecule has 2 aliphatic rings. The van der Waals surface area contributed by atoms with Gasteiger partial charge in [0.25, 0.3) is 0 Å². The Bertz CT molecular complexity index is 280. The standard InChI is InChI=1S/C13H24N2O2.ClH/c1-3-11-10-15(8-9-17-11)12(16)13(2)6-4-5-7-14-13;/h11,14H,3-10H2,1-2H3;1H. The summed E-state index contributed by atoms with van der Waals surface area (Å²) in [5.41, 5.74) is -0.339. The van der Waals surface area contributed by atoms with Crippen LogP contribution in [0, 0.1) is 0 Å². The van der Waals surface area contributed by atoms with Crippen LogP contribution in [0.2, 0.25) is 0 Å². The quantitative estimate of drug-likeness (QED) is 0.833. The van der Waals surface area contributed by atoms with Gasteiger partial charge in [-0.05, 0) is 39.2 Å². The number of carbonyl (C=O) groups excluding carboxylic acids is 1. The van der Waals surface area contributed by atoms with Gasteiger partial charge in [-0.2, -0.15) is 0 Å². The van der Waals surface area contributed by atoms with E-state index in [-0.39, 0.29) is 30.0 Å². The fourth-order valence-corrected chi connectivity index (χ4v) is 2.74. The minimum atomic E-state index is -0.339. The average Bonchev–Trinajstić information content (AvgIpc) is 2.39. The van der Waals surface area contributed by atoms with Gasteiger partial charge in [0.2, 0.25) is 5.91 Å². The Morgan fingerprint density at radius 3 is 2.89 bits per heavy atom. The predicted molar refractivity (Wildman–Crippen MR) is 74.1 cm³/mol. The van der Waals surface area contributed by atoms with Crippen LogP contribution in [0.4, 0.5) is 0 Å². The van der Waals surface area contributed by atoms with Crippen LogP contribution < -0.4 is 5.32 Å². The molecule has 1 N–H and O–H groups in total. The maximum atomic E-state index is 12.5. The van der Waals surface area contributed by atoms with Crippen molar-refractivity contribution in [2.45, 2.75) is 51.2 Å². The Morgan fingerprint density at radius 1 is 1.50 bits per heavy atom. The van der Waals surface area contributed by atoms with Gasteiger partial charge in [0.1, 0.15) is 0 Å². The van der Waals surface area contributed by atoms with E-state index in [9.17, 15) is 4.79 Å². The molecule has 5 heteroatoms. The summed E-state index contributed by atoms with van der Waals surface area (Å²) in [5.74, 6) is 0.263. The number of nitrogens with one attached hydrogen (secondary N) is 1. The van der Waals surface area contributed by atoms with E-state index in [1.807, 2.05) is 11.8 Å². The monoisotopic (exact) mass is 276 g/mol. The molecule has 0 aromatic rings. The van der Waals surface area contributed by atoms with Crippen molar-refractivity contribution in [1.29, 1.82) is 0 Å². The maximum absolute atomic E-state index is 12.5. The molecule has 0 aliphatic carbocycles. The Labute approximate surface area is 116 Å². The second-order valence-electron chi connectivity index (χ2n) is 5.37. The minimum absolute atomic E-state index is 0. The summed E-state index contributed by atoms with van der Waals surface area (Å²) < 4.78 is 5.61. The van der Waals surface area contributed by atoms with Crippen LogP contribution in [0.1, 0.15) is 39.5 Å². The zero-order chi connectivity index (χ0) is 12.3. The number of piperidine rings is 1. The zero-order valence-electron chi connectivity index (χ0n) is 11.4. The zero-order valence-corrected chi connectivity index (χ0v) is 12.2. The first-order valence-electron chi connectivity index (χ1n) is 6.82. The van der Waals surface area contributed by atoms with E-state index in [1.54, 1.807) is 0 Å². The summed E-state index contributed by atoms with van der Waals surface area (Å²) in [4.78, 5) is 14.5. The van der Waals surface area contributed by atoms with E-state index < -0.39 is 0 Å². The second-order valence-corrected chi connectivity index (χ2v) is 5.37. The fourth-order valence-electron chi connectivity index (χ4n) is 2.74. The molecule has 0 aromatic carbocycles. The molecular formula is C13H25ClN2O2. The van der Waals surface area contributed by atoms with Crippen LogP contribution in [0.5, 0.6) is 0 Å². The summed E-state index contributed by atoms with van der Waals surface area (Å²) in [7, 11) is 0. The number of morpholine rings is 1. The summed E-state index contributed by atoms with van der Waals surface area (Å²) in [5, 5.41) is 3.39. The molecule has 2 heterocycles. The molecule has 1 amide bonds. The normalized spacial score (nSPS) is 32.8. The van der Waals surface area contributed by atoms with Crippen LogP contribution in [-0.4, -0.2) is 48.7 Å². The van der Waals surface area contributed by atoms with Gasteiger partial charge in [0.15, 0.2) is 0 Å². The molecule has 0 bridgehead atoms. The lowest BCUT2D eigenvalue weighted by molar-refractivity contribution is -0.146. The van der Waals surface area contributed by atoms with Crippen molar-refractivity contribution in [2.75, 3.05) is 26.2 Å². The third kappa shape index (κ3) is 3.37. The summed E-state index contributed by atoms with van der Waals surface area (Å²) in [6.07, 6.45) is 4.49. The number of hydrogen-bond acceptors (Lipinski definition) is 3. The Kier molecular flexibility index (Phi) is 5.89. The van der Waals surface area contributed by atoms with E-state index in [0.29, 0.717) is 6.61 Å². The smallest absolute Gasteiger partial charge is 0.242 e. The number of carbonyl (C=O) groups is 1. The van der Waals surface area contributed by atoms with Crippen molar-refractivity contribution < 1.29 is 9.53 Å². The molecule has 4 nitrogen and oxygen atoms in total. The van der Waals surface area contributed by atoms with E-state index >= 15 is 0 Å². The predicted octanol–water partition coefficient (Wildman–Crippen LogP) is 1.58. The highest BCUT2D eigenvalue weighted by Gasteiger charge is 2.38. The number of amides is 1. The third-order valence-corrected chi connectivity index (χ3v) is 3.97. The van der Waals surface area contributed by atoms with Crippen LogP contribution in [0.15, 0.2) is 0 Å². The fraction of sp³-hybridized carbons (Fsp3) is 0.923. The average molecular weight is 277 g/mol. The third-order valence-electron chi connectivity index (χ3n) is 3.97. The van der Waals surface area contributed by atoms with E-state index in [4.69, 9.17) is 4.74 Å². The second kappa shape index (κ2) is 6.73. The molecule has 2 fully saturated rings. The molecule has 106 valence electrons. The van der Waals surface area contributed by atoms with Gasteiger partial charge >= 0.3 is 0 Å². The molecular weight excluding hydrogens is 252 g/mol. The Morgan fingerprint density at radius 2 is 2.28 bits per heavy atom. The van der Waals surface area contributed by atoms with Gasteiger partial charge in [-0.25, -0.2) is 0 Å². The number of rotatable bonds is 2. The lowest BCUT2D eigenvalue weighted by Crippen LogP contribution is -2.60. The molecule has 0 radical (unpaired) electrons. The van der Waals surface area contributed by atoms with Crippen molar-refractivity contribution in [3.63, 3.8) is 0 Å². The SMILES string of the molecule is CCC1CN(C(=O)C2(C)CCCCN2)CCO1.Cl. The molecule has 2 unspecified atom stereocenters. The lowest BCUT2D eigenvalue weighted by Gasteiger charge is -2.41. The van der Waals surface area contributed by atoms with Crippen molar-refractivity contribution in [1.82, 2.24) is 10.2 Å². The molecule has 18 heavy (non-hydrogen) atoms. The molecule has 2 saturated heterocycles. The first kappa shape index (κ1) is 15.7. The summed E-state index contributed by atoms with van der Waals surface area (Å²) in [6, 6.07) is 0. The highest BCUT2D eigenvalue weighted by molar-refractivity contribution is 5.86. The minimum Gasteiger partial charge on any atom is -0.375 e. The summed E-state index contributed by atoms with van der Waals surface area (Å²) in [6.45, 7) is 7.30. The lowest BCUT2D eigenvalue weighted by atomic mass is 9.89. The van der Waals surface area contributed by atoms with Crippen molar-refractivity contribution in [3.05, 3.63) is 0 Å². The van der Waals surface area contributed by atoms with Crippen LogP contribution >= 0.6 is 12.4 Å². The van der Waals surface area contributed by atoms with E-state index in [0.717, 1.165) is 38.9 Å². The van der Waals surface area contributed by atoms with Gasteiger partial charge in [-0.15, -0.1) is 12.4 Å². The molecule has 0 saturated carbocycles. The van der Waals surface area contributed by atoms with Gasteiger partial charge < -0.3 is 15.0 Å².